The van der Waals surface area contributed by atoms with Crippen molar-refractivity contribution in [1.82, 2.24) is 4.98 Å². The van der Waals surface area contributed by atoms with Crippen molar-refractivity contribution in [2.75, 3.05) is 19.5 Å². The Labute approximate surface area is 117 Å². The molecular formula is C14H18N2O2S. The smallest absolute Gasteiger partial charge is 0.183 e. The van der Waals surface area contributed by atoms with Crippen molar-refractivity contribution >= 4 is 16.5 Å². The maximum atomic E-state index is 5.40. The summed E-state index contributed by atoms with van der Waals surface area (Å²) in [6, 6.07) is 6.11. The van der Waals surface area contributed by atoms with E-state index >= 15 is 0 Å². The number of nitrogens with one attached hydrogen (secondary N) is 1. The number of rotatable bonds is 5. The molecule has 0 spiro atoms. The van der Waals surface area contributed by atoms with Gasteiger partial charge in [-0.3, -0.25) is 0 Å². The Bertz CT molecular complexity index is 552. The first-order valence-electron chi connectivity index (χ1n) is 6.08. The number of benzene rings is 1. The van der Waals surface area contributed by atoms with Gasteiger partial charge in [0.15, 0.2) is 5.13 Å². The van der Waals surface area contributed by atoms with Crippen molar-refractivity contribution in [3.8, 4) is 22.8 Å². The monoisotopic (exact) mass is 278 g/mol. The molecule has 0 fully saturated rings. The number of aromatic nitrogens is 1. The fourth-order valence-electron chi connectivity index (χ4n) is 1.72. The molecule has 0 radical (unpaired) electrons. The molecule has 2 aromatic rings. The average Bonchev–Trinajstić information content (AvgIpc) is 2.85. The highest BCUT2D eigenvalue weighted by Gasteiger charge is 2.11. The summed E-state index contributed by atoms with van der Waals surface area (Å²) in [5.74, 6) is 1.54. The van der Waals surface area contributed by atoms with Crippen LogP contribution in [-0.4, -0.2) is 25.2 Å². The SMILES string of the molecule is COc1ccc(-c2csc(NC(C)C)n2)c(OC)c1. The summed E-state index contributed by atoms with van der Waals surface area (Å²) in [6.07, 6.45) is 0. The van der Waals surface area contributed by atoms with Gasteiger partial charge < -0.3 is 14.8 Å². The minimum atomic E-state index is 0.372. The van der Waals surface area contributed by atoms with E-state index in [-0.39, 0.29) is 0 Å². The number of methoxy groups -OCH3 is 2. The maximum Gasteiger partial charge on any atom is 0.183 e. The van der Waals surface area contributed by atoms with Crippen molar-refractivity contribution < 1.29 is 9.47 Å². The van der Waals surface area contributed by atoms with Crippen LogP contribution < -0.4 is 14.8 Å². The molecule has 5 heteroatoms. The number of hydrogen-bond donors (Lipinski definition) is 1. The molecule has 0 amide bonds. The molecule has 0 aliphatic rings. The summed E-state index contributed by atoms with van der Waals surface area (Å²) in [4.78, 5) is 4.57. The van der Waals surface area contributed by atoms with Crippen LogP contribution in [0.4, 0.5) is 5.13 Å². The van der Waals surface area contributed by atoms with Gasteiger partial charge >= 0.3 is 0 Å². The zero-order valence-corrected chi connectivity index (χ0v) is 12.4. The Morgan fingerprint density at radius 3 is 2.63 bits per heavy atom. The Hall–Kier alpha value is -1.75. The lowest BCUT2D eigenvalue weighted by molar-refractivity contribution is 0.395. The van der Waals surface area contributed by atoms with Crippen molar-refractivity contribution in [2.45, 2.75) is 19.9 Å². The van der Waals surface area contributed by atoms with Crippen LogP contribution in [0.2, 0.25) is 0 Å². The molecule has 0 saturated carbocycles. The van der Waals surface area contributed by atoms with Crippen LogP contribution in [-0.2, 0) is 0 Å². The van der Waals surface area contributed by atoms with Gasteiger partial charge in [0.05, 0.1) is 19.9 Å². The van der Waals surface area contributed by atoms with Gasteiger partial charge in [-0.2, -0.15) is 0 Å². The van der Waals surface area contributed by atoms with Crippen LogP contribution in [0.5, 0.6) is 11.5 Å². The molecule has 19 heavy (non-hydrogen) atoms. The van der Waals surface area contributed by atoms with E-state index in [9.17, 15) is 0 Å². The lowest BCUT2D eigenvalue weighted by Crippen LogP contribution is -2.09. The molecule has 1 aromatic carbocycles. The van der Waals surface area contributed by atoms with E-state index in [0.717, 1.165) is 27.9 Å². The van der Waals surface area contributed by atoms with Crippen molar-refractivity contribution in [3.05, 3.63) is 23.6 Å². The van der Waals surface area contributed by atoms with Crippen LogP contribution >= 0.6 is 11.3 Å². The topological polar surface area (TPSA) is 43.4 Å². The molecule has 1 aromatic heterocycles. The molecule has 1 heterocycles. The summed E-state index contributed by atoms with van der Waals surface area (Å²) in [5, 5.41) is 6.24. The molecule has 1 N–H and O–H groups in total. The van der Waals surface area contributed by atoms with Crippen LogP contribution in [0.25, 0.3) is 11.3 Å². The Kier molecular flexibility index (Phi) is 4.27. The van der Waals surface area contributed by atoms with E-state index in [0.29, 0.717) is 6.04 Å². The van der Waals surface area contributed by atoms with Gasteiger partial charge in [-0.1, -0.05) is 0 Å². The number of hydrogen-bond acceptors (Lipinski definition) is 5. The Morgan fingerprint density at radius 2 is 2.00 bits per heavy atom. The Morgan fingerprint density at radius 1 is 1.21 bits per heavy atom. The summed E-state index contributed by atoms with van der Waals surface area (Å²) < 4.78 is 10.6. The second kappa shape index (κ2) is 5.93. The zero-order valence-electron chi connectivity index (χ0n) is 11.6. The minimum Gasteiger partial charge on any atom is -0.497 e. The van der Waals surface area contributed by atoms with Crippen LogP contribution in [0.15, 0.2) is 23.6 Å². The number of nitrogens with zero attached hydrogens (tertiary/aromatic N) is 1. The summed E-state index contributed by atoms with van der Waals surface area (Å²) in [6.45, 7) is 4.18. The standard InChI is InChI=1S/C14H18N2O2S/c1-9(2)15-14-16-12(8-19-14)11-6-5-10(17-3)7-13(11)18-4/h5-9H,1-4H3,(H,15,16). The van der Waals surface area contributed by atoms with E-state index < -0.39 is 0 Å². The van der Waals surface area contributed by atoms with Crippen molar-refractivity contribution in [3.63, 3.8) is 0 Å². The summed E-state index contributed by atoms with van der Waals surface area (Å²) in [5.41, 5.74) is 1.88. The molecule has 0 aliphatic carbocycles. The van der Waals surface area contributed by atoms with Gasteiger partial charge in [0, 0.05) is 23.1 Å². The molecule has 0 saturated heterocycles. The second-order valence-electron chi connectivity index (χ2n) is 4.40. The third kappa shape index (κ3) is 3.17. The highest BCUT2D eigenvalue weighted by atomic mass is 32.1. The van der Waals surface area contributed by atoms with Crippen LogP contribution in [0.1, 0.15) is 13.8 Å². The molecule has 0 bridgehead atoms. The number of anilines is 1. The van der Waals surface area contributed by atoms with Gasteiger partial charge in [-0.25, -0.2) is 4.98 Å². The number of ether oxygens (including phenoxy) is 2. The van der Waals surface area contributed by atoms with E-state index in [1.165, 1.54) is 0 Å². The fraction of sp³-hybridized carbons (Fsp3) is 0.357. The second-order valence-corrected chi connectivity index (χ2v) is 5.26. The summed E-state index contributed by atoms with van der Waals surface area (Å²) in [7, 11) is 3.29. The molecule has 2 rings (SSSR count). The lowest BCUT2D eigenvalue weighted by Gasteiger charge is -2.08. The zero-order chi connectivity index (χ0) is 13.8. The van der Waals surface area contributed by atoms with Crippen molar-refractivity contribution in [2.24, 2.45) is 0 Å². The van der Waals surface area contributed by atoms with Crippen LogP contribution in [0, 0.1) is 0 Å². The normalized spacial score (nSPS) is 10.6. The minimum absolute atomic E-state index is 0.372. The van der Waals surface area contributed by atoms with Gasteiger partial charge in [-0.05, 0) is 26.0 Å². The molecular weight excluding hydrogens is 260 g/mol. The van der Waals surface area contributed by atoms with Gasteiger partial charge in [-0.15, -0.1) is 11.3 Å². The molecule has 102 valence electrons. The first kappa shape index (κ1) is 13.7. The quantitative estimate of drug-likeness (QED) is 0.906. The summed E-state index contributed by atoms with van der Waals surface area (Å²) >= 11 is 1.59. The Balaban J connectivity index is 2.33. The van der Waals surface area contributed by atoms with Gasteiger partial charge in [0.1, 0.15) is 11.5 Å². The largest absolute Gasteiger partial charge is 0.497 e. The molecule has 0 atom stereocenters. The first-order valence-corrected chi connectivity index (χ1v) is 6.96. The van der Waals surface area contributed by atoms with E-state index in [1.807, 2.05) is 23.6 Å². The van der Waals surface area contributed by atoms with Crippen molar-refractivity contribution in [1.29, 1.82) is 0 Å². The highest BCUT2D eigenvalue weighted by Crippen LogP contribution is 2.34. The number of thiazole rings is 1. The maximum absolute atomic E-state index is 5.40. The van der Waals surface area contributed by atoms with E-state index in [1.54, 1.807) is 25.6 Å². The molecule has 0 unspecified atom stereocenters. The average molecular weight is 278 g/mol. The fourth-order valence-corrected chi connectivity index (χ4v) is 2.58. The molecule has 4 nitrogen and oxygen atoms in total. The third-order valence-electron chi connectivity index (χ3n) is 2.60. The predicted octanol–water partition coefficient (Wildman–Crippen LogP) is 3.65. The highest BCUT2D eigenvalue weighted by molar-refractivity contribution is 7.14. The third-order valence-corrected chi connectivity index (χ3v) is 3.37. The van der Waals surface area contributed by atoms with E-state index in [4.69, 9.17) is 9.47 Å². The predicted molar refractivity (Wildman–Crippen MR) is 79.4 cm³/mol. The molecule has 0 aliphatic heterocycles. The van der Waals surface area contributed by atoms with Gasteiger partial charge in [0.2, 0.25) is 0 Å². The lowest BCUT2D eigenvalue weighted by atomic mass is 10.1. The first-order chi connectivity index (χ1) is 9.13. The van der Waals surface area contributed by atoms with Gasteiger partial charge in [0.25, 0.3) is 0 Å². The van der Waals surface area contributed by atoms with Crippen LogP contribution in [0.3, 0.4) is 0 Å². The van der Waals surface area contributed by atoms with E-state index in [2.05, 4.69) is 24.1 Å².